The second-order valence-corrected chi connectivity index (χ2v) is 6.02. The van der Waals surface area contributed by atoms with Gasteiger partial charge in [0.05, 0.1) is 0 Å². The summed E-state index contributed by atoms with van der Waals surface area (Å²) >= 11 is 3.49. The van der Waals surface area contributed by atoms with Crippen LogP contribution in [0.3, 0.4) is 0 Å². The highest BCUT2D eigenvalue weighted by Gasteiger charge is 2.30. The van der Waals surface area contributed by atoms with Crippen LogP contribution >= 0.6 is 15.9 Å². The third-order valence-corrected chi connectivity index (χ3v) is 4.03. The van der Waals surface area contributed by atoms with Crippen LogP contribution in [0.15, 0.2) is 28.7 Å². The van der Waals surface area contributed by atoms with Crippen molar-refractivity contribution in [3.8, 4) is 0 Å². The molecule has 0 saturated heterocycles. The first-order valence-corrected chi connectivity index (χ1v) is 6.55. The van der Waals surface area contributed by atoms with E-state index >= 15 is 0 Å². The molecular weight excluding hydrogens is 278 g/mol. The summed E-state index contributed by atoms with van der Waals surface area (Å²) in [6, 6.07) is 8.55. The van der Waals surface area contributed by atoms with E-state index in [1.165, 1.54) is 5.56 Å². The van der Waals surface area contributed by atoms with E-state index < -0.39 is 0 Å². The Kier molecular flexibility index (Phi) is 5.13. The Labute approximate surface area is 112 Å². The van der Waals surface area contributed by atoms with Crippen LogP contribution in [0.5, 0.6) is 0 Å². The van der Waals surface area contributed by atoms with Crippen molar-refractivity contribution in [2.24, 2.45) is 5.84 Å². The Morgan fingerprint density at radius 3 is 2.53 bits per heavy atom. The van der Waals surface area contributed by atoms with Gasteiger partial charge < -0.3 is 4.90 Å². The van der Waals surface area contributed by atoms with Crippen LogP contribution in [0, 0.1) is 0 Å². The minimum Gasteiger partial charge on any atom is -0.303 e. The standard InChI is InChI=1S/C13H22BrN3/c1-13(2,17(3)4)12(16-15)9-10-6-5-7-11(14)8-10/h5-8,12,16H,9,15H2,1-4H3. The Balaban J connectivity index is 2.84. The Bertz CT molecular complexity index is 363. The van der Waals surface area contributed by atoms with Gasteiger partial charge in [0.2, 0.25) is 0 Å². The monoisotopic (exact) mass is 299 g/mol. The van der Waals surface area contributed by atoms with E-state index in [9.17, 15) is 0 Å². The van der Waals surface area contributed by atoms with Crippen molar-refractivity contribution in [1.29, 1.82) is 0 Å². The quantitative estimate of drug-likeness (QED) is 0.647. The van der Waals surface area contributed by atoms with Gasteiger partial charge in [0.15, 0.2) is 0 Å². The smallest absolute Gasteiger partial charge is 0.0429 e. The van der Waals surface area contributed by atoms with E-state index in [4.69, 9.17) is 5.84 Å². The van der Waals surface area contributed by atoms with Crippen molar-refractivity contribution in [1.82, 2.24) is 10.3 Å². The molecule has 0 heterocycles. The van der Waals surface area contributed by atoms with Gasteiger partial charge in [-0.2, -0.15) is 0 Å². The number of rotatable bonds is 5. The number of hydrogen-bond acceptors (Lipinski definition) is 3. The molecule has 0 saturated carbocycles. The molecule has 1 aromatic carbocycles. The minimum atomic E-state index is -0.00291. The topological polar surface area (TPSA) is 41.3 Å². The lowest BCUT2D eigenvalue weighted by atomic mass is 9.88. The Morgan fingerprint density at radius 1 is 1.41 bits per heavy atom. The highest BCUT2D eigenvalue weighted by Crippen LogP contribution is 2.20. The molecule has 1 unspecified atom stereocenters. The molecule has 0 aliphatic carbocycles. The van der Waals surface area contributed by atoms with Gasteiger partial charge in [-0.1, -0.05) is 28.1 Å². The maximum atomic E-state index is 5.69. The molecule has 0 aliphatic rings. The van der Waals surface area contributed by atoms with Gasteiger partial charge in [-0.25, -0.2) is 0 Å². The number of hydrogen-bond donors (Lipinski definition) is 2. The largest absolute Gasteiger partial charge is 0.303 e. The average Bonchev–Trinajstić information content (AvgIpc) is 2.25. The van der Waals surface area contributed by atoms with Gasteiger partial charge in [0, 0.05) is 16.1 Å². The second-order valence-electron chi connectivity index (χ2n) is 5.10. The lowest BCUT2D eigenvalue weighted by molar-refractivity contribution is 0.137. The van der Waals surface area contributed by atoms with E-state index in [2.05, 4.69) is 72.4 Å². The molecule has 1 atom stereocenters. The zero-order valence-corrected chi connectivity index (χ0v) is 12.6. The normalized spacial score (nSPS) is 14.1. The summed E-state index contributed by atoms with van der Waals surface area (Å²) in [6.45, 7) is 4.38. The molecule has 3 N–H and O–H groups in total. The molecule has 0 amide bonds. The van der Waals surface area contributed by atoms with Gasteiger partial charge in [0.1, 0.15) is 0 Å². The first-order valence-electron chi connectivity index (χ1n) is 5.76. The maximum absolute atomic E-state index is 5.69. The predicted molar refractivity (Wildman–Crippen MR) is 76.7 cm³/mol. The van der Waals surface area contributed by atoms with Crippen molar-refractivity contribution in [2.75, 3.05) is 14.1 Å². The van der Waals surface area contributed by atoms with Crippen LogP contribution in [0.4, 0.5) is 0 Å². The Morgan fingerprint density at radius 2 is 2.06 bits per heavy atom. The molecule has 0 aromatic heterocycles. The van der Waals surface area contributed by atoms with Crippen molar-refractivity contribution in [3.63, 3.8) is 0 Å². The first-order chi connectivity index (χ1) is 7.87. The molecule has 96 valence electrons. The number of hydrazine groups is 1. The summed E-state index contributed by atoms with van der Waals surface area (Å²) in [5, 5.41) is 0. The zero-order chi connectivity index (χ0) is 13.1. The molecule has 0 radical (unpaired) electrons. The van der Waals surface area contributed by atoms with E-state index in [-0.39, 0.29) is 11.6 Å². The van der Waals surface area contributed by atoms with Crippen LogP contribution in [0.25, 0.3) is 0 Å². The summed E-state index contributed by atoms with van der Waals surface area (Å²) in [6.07, 6.45) is 0.904. The van der Waals surface area contributed by atoms with Gasteiger partial charge in [-0.15, -0.1) is 0 Å². The second kappa shape index (κ2) is 5.96. The number of benzene rings is 1. The number of likely N-dealkylation sites (N-methyl/N-ethyl adjacent to an activating group) is 1. The minimum absolute atomic E-state index is 0.00291. The molecule has 1 rings (SSSR count). The fraction of sp³-hybridized carbons (Fsp3) is 0.538. The highest BCUT2D eigenvalue weighted by atomic mass is 79.9. The fourth-order valence-corrected chi connectivity index (χ4v) is 2.17. The third kappa shape index (κ3) is 3.78. The van der Waals surface area contributed by atoms with Crippen molar-refractivity contribution in [2.45, 2.75) is 31.8 Å². The maximum Gasteiger partial charge on any atom is 0.0429 e. The molecular formula is C13H22BrN3. The predicted octanol–water partition coefficient (Wildman–Crippen LogP) is 2.16. The molecule has 0 aliphatic heterocycles. The third-order valence-electron chi connectivity index (χ3n) is 3.54. The molecule has 17 heavy (non-hydrogen) atoms. The molecule has 0 fully saturated rings. The Hall–Kier alpha value is -0.420. The number of halogens is 1. The summed E-state index contributed by atoms with van der Waals surface area (Å²) in [7, 11) is 4.15. The molecule has 1 aromatic rings. The van der Waals surface area contributed by atoms with Crippen molar-refractivity contribution in [3.05, 3.63) is 34.3 Å². The van der Waals surface area contributed by atoms with Crippen LogP contribution in [0.2, 0.25) is 0 Å². The van der Waals surface area contributed by atoms with Crippen LogP contribution in [-0.4, -0.2) is 30.6 Å². The molecule has 0 spiro atoms. The van der Waals surface area contributed by atoms with E-state index in [1.807, 2.05) is 6.07 Å². The van der Waals surface area contributed by atoms with Crippen molar-refractivity contribution < 1.29 is 0 Å². The summed E-state index contributed by atoms with van der Waals surface area (Å²) in [4.78, 5) is 2.19. The summed E-state index contributed by atoms with van der Waals surface area (Å²) < 4.78 is 1.11. The van der Waals surface area contributed by atoms with Gasteiger partial charge in [-0.05, 0) is 52.1 Å². The van der Waals surface area contributed by atoms with E-state index in [0.29, 0.717) is 0 Å². The average molecular weight is 300 g/mol. The lowest BCUT2D eigenvalue weighted by Crippen LogP contribution is -2.58. The SMILES string of the molecule is CN(C)C(C)(C)C(Cc1cccc(Br)c1)NN. The van der Waals surface area contributed by atoms with Crippen molar-refractivity contribution >= 4 is 15.9 Å². The van der Waals surface area contributed by atoms with E-state index in [0.717, 1.165) is 10.9 Å². The molecule has 0 bridgehead atoms. The van der Waals surface area contributed by atoms with E-state index in [1.54, 1.807) is 0 Å². The first kappa shape index (κ1) is 14.6. The van der Waals surface area contributed by atoms with Gasteiger partial charge >= 0.3 is 0 Å². The number of nitrogens with one attached hydrogen (secondary N) is 1. The van der Waals surface area contributed by atoms with Gasteiger partial charge in [0.25, 0.3) is 0 Å². The summed E-state index contributed by atoms with van der Waals surface area (Å²) in [5.74, 6) is 5.69. The molecule has 3 nitrogen and oxygen atoms in total. The fourth-order valence-electron chi connectivity index (χ4n) is 1.72. The lowest BCUT2D eigenvalue weighted by Gasteiger charge is -2.40. The zero-order valence-electron chi connectivity index (χ0n) is 11.0. The number of nitrogens with zero attached hydrogens (tertiary/aromatic N) is 1. The van der Waals surface area contributed by atoms with Gasteiger partial charge in [-0.3, -0.25) is 11.3 Å². The molecule has 4 heteroatoms. The van der Waals surface area contributed by atoms with Crippen LogP contribution in [0.1, 0.15) is 19.4 Å². The highest BCUT2D eigenvalue weighted by molar-refractivity contribution is 9.10. The van der Waals surface area contributed by atoms with Crippen LogP contribution < -0.4 is 11.3 Å². The van der Waals surface area contributed by atoms with Crippen LogP contribution in [-0.2, 0) is 6.42 Å². The number of nitrogens with two attached hydrogens (primary N) is 1. The summed E-state index contributed by atoms with van der Waals surface area (Å²) in [5.41, 5.74) is 4.21.